The van der Waals surface area contributed by atoms with Gasteiger partial charge in [0.1, 0.15) is 31.4 Å². The van der Waals surface area contributed by atoms with Gasteiger partial charge < -0.3 is 14.2 Å². The second-order valence-corrected chi connectivity index (χ2v) is 16.6. The van der Waals surface area contributed by atoms with Crippen molar-refractivity contribution in [2.75, 3.05) is 23.7 Å². The Labute approximate surface area is 295 Å². The number of methoxy groups -OCH3 is 2. The molecule has 21 heteroatoms. The smallest absolute Gasteiger partial charge is 0.272 e. The standard InChI is InChI=1S/C16H13BrClN3O4S2.C10H7ClN4O3S2/c1-24-11-4-2-10(3-5-11)9-25-16-15(19-8-12(17)20-16)21-27(22,23)14-7-6-13(18)26-14;1-18-10-9(13-5-6(4-12)14-10)15-20(16,17)8-3-2-7(11)19-8/h2-8H,9H2,1H3,(H,19,21);2-3,5H,1H3,(H,13,15). The summed E-state index contributed by atoms with van der Waals surface area (Å²) in [5.41, 5.74) is 0.875. The van der Waals surface area contributed by atoms with Crippen LogP contribution in [0.3, 0.4) is 0 Å². The third kappa shape index (κ3) is 9.87. The van der Waals surface area contributed by atoms with Gasteiger partial charge in [0, 0.05) is 0 Å². The topological polar surface area (TPSA) is 195 Å². The van der Waals surface area contributed by atoms with Crippen LogP contribution >= 0.6 is 61.8 Å². The van der Waals surface area contributed by atoms with E-state index in [1.807, 2.05) is 12.1 Å². The third-order valence-electron chi connectivity index (χ3n) is 5.38. The number of ether oxygens (including phenoxy) is 3. The number of hydrogen-bond acceptors (Lipinski definition) is 14. The van der Waals surface area contributed by atoms with Gasteiger partial charge in [0.15, 0.2) is 5.69 Å². The summed E-state index contributed by atoms with van der Waals surface area (Å²) in [5, 5.41) is 8.70. The van der Waals surface area contributed by atoms with E-state index in [2.05, 4.69) is 45.3 Å². The zero-order valence-corrected chi connectivity index (χ0v) is 30.2. The van der Waals surface area contributed by atoms with E-state index in [4.69, 9.17) is 42.7 Å². The zero-order valence-electron chi connectivity index (χ0n) is 23.8. The third-order valence-corrected chi connectivity index (χ3v) is 11.9. The molecule has 0 aliphatic rings. The normalized spacial score (nSPS) is 11.1. The van der Waals surface area contributed by atoms with Gasteiger partial charge in [0.25, 0.3) is 31.8 Å². The van der Waals surface area contributed by atoms with E-state index in [1.165, 1.54) is 37.6 Å². The Morgan fingerprint density at radius 3 is 1.85 bits per heavy atom. The Hall–Kier alpha value is -3.77. The monoisotopic (exact) mass is 819 g/mol. The molecule has 0 saturated carbocycles. The second-order valence-electron chi connectivity index (χ2n) is 8.54. The average Bonchev–Trinajstić information content (AvgIpc) is 3.71. The molecule has 4 heterocycles. The number of nitriles is 1. The van der Waals surface area contributed by atoms with Crippen molar-refractivity contribution in [3.8, 4) is 23.6 Å². The number of sulfonamides is 2. The molecule has 0 radical (unpaired) electrons. The van der Waals surface area contributed by atoms with Gasteiger partial charge in [-0.1, -0.05) is 35.3 Å². The molecular weight excluding hydrogens is 801 g/mol. The summed E-state index contributed by atoms with van der Waals surface area (Å²) in [6.45, 7) is 0.175. The lowest BCUT2D eigenvalue weighted by Crippen LogP contribution is -2.14. The molecule has 0 saturated heterocycles. The number of hydrogen-bond donors (Lipinski definition) is 2. The molecule has 5 rings (SSSR count). The lowest BCUT2D eigenvalue weighted by molar-refractivity contribution is 0.294. The van der Waals surface area contributed by atoms with Crippen LogP contribution in [0.25, 0.3) is 0 Å². The zero-order chi connectivity index (χ0) is 34.2. The molecule has 1 aromatic carbocycles. The van der Waals surface area contributed by atoms with E-state index >= 15 is 0 Å². The first-order valence-electron chi connectivity index (χ1n) is 12.5. The van der Waals surface area contributed by atoms with Crippen LogP contribution in [0.1, 0.15) is 11.3 Å². The predicted octanol–water partition coefficient (Wildman–Crippen LogP) is 6.21. The molecule has 0 aliphatic heterocycles. The van der Waals surface area contributed by atoms with E-state index in [-0.39, 0.29) is 44.1 Å². The van der Waals surface area contributed by atoms with Crippen LogP contribution in [0.2, 0.25) is 8.67 Å². The summed E-state index contributed by atoms with van der Waals surface area (Å²) in [6, 6.07) is 14.8. The number of thiophene rings is 2. The van der Waals surface area contributed by atoms with Gasteiger partial charge in [-0.25, -0.2) is 31.8 Å². The van der Waals surface area contributed by atoms with Gasteiger partial charge in [-0.2, -0.15) is 10.2 Å². The Bertz CT molecular complexity index is 2130. The molecule has 0 atom stereocenters. The molecule has 0 unspecified atom stereocenters. The largest absolute Gasteiger partial charge is 0.497 e. The molecule has 0 fully saturated rings. The van der Waals surface area contributed by atoms with Gasteiger partial charge in [0.2, 0.25) is 11.6 Å². The van der Waals surface area contributed by atoms with Gasteiger partial charge in [-0.15, -0.1) is 22.7 Å². The highest BCUT2D eigenvalue weighted by Crippen LogP contribution is 2.31. The predicted molar refractivity (Wildman–Crippen MR) is 181 cm³/mol. The second kappa shape index (κ2) is 15.9. The van der Waals surface area contributed by atoms with Crippen LogP contribution in [0.15, 0.2) is 73.9 Å². The lowest BCUT2D eigenvalue weighted by atomic mass is 10.2. The molecule has 5 aromatic rings. The van der Waals surface area contributed by atoms with Crippen LogP contribution in [-0.4, -0.2) is 51.0 Å². The van der Waals surface area contributed by atoms with Gasteiger partial charge in [-0.3, -0.25) is 9.44 Å². The van der Waals surface area contributed by atoms with E-state index in [0.717, 1.165) is 40.2 Å². The number of nitrogens with zero attached hydrogens (tertiary/aromatic N) is 5. The van der Waals surface area contributed by atoms with Crippen LogP contribution < -0.4 is 23.7 Å². The molecule has 0 aliphatic carbocycles. The summed E-state index contributed by atoms with van der Waals surface area (Å²) in [4.78, 5) is 15.8. The molecular formula is C26H20BrCl2N7O7S4. The number of benzene rings is 1. The minimum atomic E-state index is -3.85. The van der Waals surface area contributed by atoms with Crippen LogP contribution in [0.5, 0.6) is 17.5 Å². The SMILES string of the molecule is COc1ccc(COc2nc(Br)cnc2NS(=O)(=O)c2ccc(Cl)s2)cc1.COc1nc(C#N)cnc1NS(=O)(=O)c1ccc(Cl)s1. The van der Waals surface area contributed by atoms with Crippen molar-refractivity contribution in [3.63, 3.8) is 0 Å². The fourth-order valence-corrected chi connectivity index (χ4v) is 8.52. The van der Waals surface area contributed by atoms with Crippen LogP contribution in [0, 0.1) is 11.3 Å². The highest BCUT2D eigenvalue weighted by molar-refractivity contribution is 9.10. The molecule has 2 N–H and O–H groups in total. The Kier molecular flexibility index (Phi) is 12.2. The summed E-state index contributed by atoms with van der Waals surface area (Å²) in [5.74, 6) is 0.568. The molecule has 4 aromatic heterocycles. The number of rotatable bonds is 11. The van der Waals surface area contributed by atoms with E-state index in [0.29, 0.717) is 13.3 Å². The van der Waals surface area contributed by atoms with Gasteiger partial charge >= 0.3 is 0 Å². The molecule has 0 bridgehead atoms. The van der Waals surface area contributed by atoms with E-state index in [9.17, 15) is 16.8 Å². The van der Waals surface area contributed by atoms with Crippen molar-refractivity contribution in [2.24, 2.45) is 0 Å². The van der Waals surface area contributed by atoms with Crippen molar-refractivity contribution in [1.82, 2.24) is 19.9 Å². The van der Waals surface area contributed by atoms with Crippen molar-refractivity contribution in [1.29, 1.82) is 5.26 Å². The van der Waals surface area contributed by atoms with E-state index in [1.54, 1.807) is 25.3 Å². The molecule has 0 spiro atoms. The van der Waals surface area contributed by atoms with Crippen molar-refractivity contribution in [3.05, 3.63) is 85.5 Å². The van der Waals surface area contributed by atoms with Gasteiger partial charge in [-0.05, 0) is 57.9 Å². The minimum absolute atomic E-state index is 0.0174. The quantitative estimate of drug-likeness (QED) is 0.153. The molecule has 14 nitrogen and oxygen atoms in total. The lowest BCUT2D eigenvalue weighted by Gasteiger charge is -2.11. The highest BCUT2D eigenvalue weighted by atomic mass is 79.9. The number of aromatic nitrogens is 4. The molecule has 0 amide bonds. The molecule has 47 heavy (non-hydrogen) atoms. The minimum Gasteiger partial charge on any atom is -0.497 e. The highest BCUT2D eigenvalue weighted by Gasteiger charge is 2.22. The average molecular weight is 822 g/mol. The van der Waals surface area contributed by atoms with Crippen LogP contribution in [-0.2, 0) is 26.7 Å². The number of nitrogens with one attached hydrogen (secondary N) is 2. The Morgan fingerprint density at radius 2 is 1.36 bits per heavy atom. The van der Waals surface area contributed by atoms with Crippen molar-refractivity contribution in [2.45, 2.75) is 15.0 Å². The summed E-state index contributed by atoms with van der Waals surface area (Å²) in [6.07, 6.45) is 2.52. The Balaban J connectivity index is 0.000000223. The first-order valence-corrected chi connectivity index (χ1v) is 18.6. The van der Waals surface area contributed by atoms with Crippen molar-refractivity contribution < 1.29 is 31.0 Å². The van der Waals surface area contributed by atoms with Crippen LogP contribution in [0.4, 0.5) is 11.6 Å². The fourth-order valence-electron chi connectivity index (χ4n) is 3.27. The fraction of sp³-hybridized carbons (Fsp3) is 0.115. The van der Waals surface area contributed by atoms with Gasteiger partial charge in [0.05, 0.1) is 35.3 Å². The summed E-state index contributed by atoms with van der Waals surface area (Å²) in [7, 11) is -4.79. The maximum atomic E-state index is 12.5. The molecule has 246 valence electrons. The first-order chi connectivity index (χ1) is 22.3. The summed E-state index contributed by atoms with van der Waals surface area (Å²) < 4.78 is 70.7. The maximum absolute atomic E-state index is 12.5. The number of halogens is 3. The summed E-state index contributed by atoms with van der Waals surface area (Å²) >= 11 is 16.6. The maximum Gasteiger partial charge on any atom is 0.272 e. The van der Waals surface area contributed by atoms with E-state index < -0.39 is 20.0 Å². The number of anilines is 2. The Morgan fingerprint density at radius 1 is 0.809 bits per heavy atom. The first kappa shape index (κ1) is 36.1. The van der Waals surface area contributed by atoms with Crippen molar-refractivity contribution >= 4 is 93.5 Å².